The van der Waals surface area contributed by atoms with Crippen LogP contribution in [0.25, 0.3) is 5.70 Å². The molecule has 1 atom stereocenters. The Morgan fingerprint density at radius 2 is 2.17 bits per heavy atom. The van der Waals surface area contributed by atoms with Gasteiger partial charge in [-0.25, -0.2) is 4.98 Å². The number of aryl methyl sites for hydroxylation is 1. The number of hydrogen-bond acceptors (Lipinski definition) is 4. The molecule has 0 fully saturated rings. The third-order valence-electron chi connectivity index (χ3n) is 3.03. The molecule has 2 rings (SSSR count). The molecular weight excluding hydrogens is 288 g/mol. The van der Waals surface area contributed by atoms with E-state index in [0.29, 0.717) is 6.61 Å². The van der Waals surface area contributed by atoms with Gasteiger partial charge in [0.25, 0.3) is 0 Å². The van der Waals surface area contributed by atoms with Gasteiger partial charge < -0.3 is 9.30 Å². The highest BCUT2D eigenvalue weighted by molar-refractivity contribution is 5.74. The molecule has 0 radical (unpaired) electrons. The molecule has 0 amide bonds. The summed E-state index contributed by atoms with van der Waals surface area (Å²) in [6.07, 6.45) is 8.97. The molecule has 0 bridgehead atoms. The van der Waals surface area contributed by atoms with Gasteiger partial charge in [0.1, 0.15) is 0 Å². The molecule has 0 N–H and O–H groups in total. The maximum Gasteiger partial charge on any atom is 0.0946 e. The van der Waals surface area contributed by atoms with Crippen molar-refractivity contribution >= 4 is 11.9 Å². The van der Waals surface area contributed by atoms with Crippen molar-refractivity contribution in [3.8, 4) is 0 Å². The van der Waals surface area contributed by atoms with E-state index < -0.39 is 0 Å². The van der Waals surface area contributed by atoms with E-state index in [2.05, 4.69) is 15.0 Å². The molecule has 0 aromatic carbocycles. The second-order valence-electron chi connectivity index (χ2n) is 4.68. The second-order valence-corrected chi connectivity index (χ2v) is 4.68. The summed E-state index contributed by atoms with van der Waals surface area (Å²) in [5.74, 6) is 0. The first-order valence-corrected chi connectivity index (χ1v) is 7.89. The Morgan fingerprint density at radius 1 is 1.39 bits per heavy atom. The maximum absolute atomic E-state index is 5.74. The number of aliphatic imine (C=N–C) groups is 1. The van der Waals surface area contributed by atoms with Crippen LogP contribution in [0.4, 0.5) is 0 Å². The fraction of sp³-hybridized carbons (Fsp3) is 0.389. The molecular formula is C18H26N4O. The number of rotatable bonds is 6. The third-order valence-corrected chi connectivity index (χ3v) is 3.03. The summed E-state index contributed by atoms with van der Waals surface area (Å²) in [5, 5.41) is 0. The molecule has 2 aromatic rings. The van der Waals surface area contributed by atoms with Gasteiger partial charge in [0.2, 0.25) is 0 Å². The van der Waals surface area contributed by atoms with Gasteiger partial charge in [0.05, 0.1) is 42.3 Å². The van der Waals surface area contributed by atoms with E-state index >= 15 is 0 Å². The number of allylic oxidation sites excluding steroid dienone is 1. The average Bonchev–Trinajstić information content (AvgIpc) is 3.01. The molecule has 5 heteroatoms. The summed E-state index contributed by atoms with van der Waals surface area (Å²) in [6, 6.07) is 5.78. The van der Waals surface area contributed by atoms with Gasteiger partial charge in [-0.15, -0.1) is 0 Å². The Hall–Kier alpha value is -2.27. The fourth-order valence-electron chi connectivity index (χ4n) is 1.77. The summed E-state index contributed by atoms with van der Waals surface area (Å²) >= 11 is 0. The lowest BCUT2D eigenvalue weighted by atomic mass is 10.2. The van der Waals surface area contributed by atoms with E-state index in [-0.39, 0.29) is 6.10 Å². The molecule has 0 aliphatic rings. The molecule has 0 aliphatic heterocycles. The fourth-order valence-corrected chi connectivity index (χ4v) is 1.77. The van der Waals surface area contributed by atoms with Gasteiger partial charge in [-0.05, 0) is 26.0 Å². The van der Waals surface area contributed by atoms with Gasteiger partial charge >= 0.3 is 0 Å². The highest BCUT2D eigenvalue weighted by Crippen LogP contribution is 2.12. The highest BCUT2D eigenvalue weighted by atomic mass is 16.5. The van der Waals surface area contributed by atoms with E-state index in [1.165, 1.54) is 0 Å². The summed E-state index contributed by atoms with van der Waals surface area (Å²) in [7, 11) is 1.95. The monoisotopic (exact) mass is 314 g/mol. The Bertz CT molecular complexity index is 617. The minimum atomic E-state index is -0.0847. The summed E-state index contributed by atoms with van der Waals surface area (Å²) in [5.41, 5.74) is 2.73. The van der Waals surface area contributed by atoms with Crippen LogP contribution in [-0.2, 0) is 18.4 Å². The van der Waals surface area contributed by atoms with Crippen molar-refractivity contribution in [2.24, 2.45) is 12.0 Å². The lowest BCUT2D eigenvalue weighted by Gasteiger charge is -2.09. The molecule has 2 heterocycles. The topological polar surface area (TPSA) is 52.3 Å². The number of aromatic nitrogens is 3. The van der Waals surface area contributed by atoms with Crippen molar-refractivity contribution in [3.05, 3.63) is 54.4 Å². The van der Waals surface area contributed by atoms with Gasteiger partial charge in [0, 0.05) is 19.5 Å². The standard InChI is InChI=1S/C16H20N4O.C2H6/c1-4-15(16-7-5-6-8-18-16)19-9-13(2)21-11-14-10-17-12-20(14)3;1-2/h4-10,12-13H,11H2,1-3H3;1-2H3/b15-4-,19-9?;. The van der Waals surface area contributed by atoms with Crippen LogP contribution in [0, 0.1) is 0 Å². The first kappa shape index (κ1) is 18.8. The second kappa shape index (κ2) is 10.5. The first-order valence-electron chi connectivity index (χ1n) is 7.89. The maximum atomic E-state index is 5.74. The van der Waals surface area contributed by atoms with Crippen LogP contribution in [-0.4, -0.2) is 26.9 Å². The molecule has 0 spiro atoms. The van der Waals surface area contributed by atoms with Crippen LogP contribution < -0.4 is 0 Å². The van der Waals surface area contributed by atoms with Crippen molar-refractivity contribution in [1.29, 1.82) is 0 Å². The van der Waals surface area contributed by atoms with Crippen LogP contribution in [0.2, 0.25) is 0 Å². The summed E-state index contributed by atoms with van der Waals surface area (Å²) in [4.78, 5) is 12.8. The van der Waals surface area contributed by atoms with E-state index in [4.69, 9.17) is 4.74 Å². The number of hydrogen-bond donors (Lipinski definition) is 0. The van der Waals surface area contributed by atoms with E-state index in [1.807, 2.05) is 63.6 Å². The van der Waals surface area contributed by atoms with Crippen LogP contribution >= 0.6 is 0 Å². The molecule has 5 nitrogen and oxygen atoms in total. The summed E-state index contributed by atoms with van der Waals surface area (Å²) in [6.45, 7) is 8.42. The molecule has 0 saturated heterocycles. The lowest BCUT2D eigenvalue weighted by molar-refractivity contribution is 0.0950. The Morgan fingerprint density at radius 3 is 2.74 bits per heavy atom. The lowest BCUT2D eigenvalue weighted by Crippen LogP contribution is -2.11. The molecule has 23 heavy (non-hydrogen) atoms. The van der Waals surface area contributed by atoms with Crippen molar-refractivity contribution in [1.82, 2.24) is 14.5 Å². The van der Waals surface area contributed by atoms with Crippen molar-refractivity contribution < 1.29 is 4.74 Å². The van der Waals surface area contributed by atoms with Gasteiger partial charge in [-0.3, -0.25) is 9.98 Å². The van der Waals surface area contributed by atoms with Gasteiger partial charge in [-0.1, -0.05) is 26.0 Å². The molecule has 124 valence electrons. The van der Waals surface area contributed by atoms with Gasteiger partial charge in [0.15, 0.2) is 0 Å². The third kappa shape index (κ3) is 6.16. The van der Waals surface area contributed by atoms with Gasteiger partial charge in [-0.2, -0.15) is 0 Å². The average molecular weight is 314 g/mol. The number of ether oxygens (including phenoxy) is 1. The Labute approximate surface area is 138 Å². The van der Waals surface area contributed by atoms with Crippen molar-refractivity contribution in [3.63, 3.8) is 0 Å². The largest absolute Gasteiger partial charge is 0.367 e. The zero-order valence-electron chi connectivity index (χ0n) is 14.6. The predicted molar refractivity (Wildman–Crippen MR) is 95.2 cm³/mol. The highest BCUT2D eigenvalue weighted by Gasteiger charge is 2.04. The van der Waals surface area contributed by atoms with E-state index in [1.54, 1.807) is 24.9 Å². The van der Waals surface area contributed by atoms with E-state index in [9.17, 15) is 0 Å². The van der Waals surface area contributed by atoms with Crippen molar-refractivity contribution in [2.45, 2.75) is 40.4 Å². The van der Waals surface area contributed by atoms with Crippen LogP contribution in [0.15, 0.2) is 48.0 Å². The number of pyridine rings is 1. The minimum absolute atomic E-state index is 0.0847. The zero-order chi connectivity index (χ0) is 17.1. The molecule has 2 aromatic heterocycles. The molecule has 0 aliphatic carbocycles. The van der Waals surface area contributed by atoms with E-state index in [0.717, 1.165) is 17.1 Å². The Balaban J connectivity index is 0.00000127. The summed E-state index contributed by atoms with van der Waals surface area (Å²) < 4.78 is 7.68. The normalized spacial score (nSPS) is 12.8. The number of nitrogens with zero attached hydrogens (tertiary/aromatic N) is 4. The minimum Gasteiger partial charge on any atom is -0.367 e. The van der Waals surface area contributed by atoms with Crippen LogP contribution in [0.5, 0.6) is 0 Å². The number of imidazole rings is 1. The zero-order valence-corrected chi connectivity index (χ0v) is 14.6. The first-order chi connectivity index (χ1) is 11.2. The van der Waals surface area contributed by atoms with Crippen LogP contribution in [0.1, 0.15) is 39.1 Å². The molecule has 0 saturated carbocycles. The van der Waals surface area contributed by atoms with Crippen molar-refractivity contribution in [2.75, 3.05) is 0 Å². The van der Waals surface area contributed by atoms with Crippen LogP contribution in [0.3, 0.4) is 0 Å². The smallest absolute Gasteiger partial charge is 0.0946 e. The Kier molecular flexibility index (Phi) is 8.54. The molecule has 1 unspecified atom stereocenters. The SMILES string of the molecule is C/C=C(\N=CC(C)OCc1cncn1C)c1ccccn1.CC. The quantitative estimate of drug-likeness (QED) is 0.760. The predicted octanol–water partition coefficient (Wildman–Crippen LogP) is 3.88.